The second kappa shape index (κ2) is 12.9. The van der Waals surface area contributed by atoms with E-state index in [1.165, 1.54) is 29.2 Å². The van der Waals surface area contributed by atoms with Crippen LogP contribution in [0.2, 0.25) is 10.0 Å². The van der Waals surface area contributed by atoms with Gasteiger partial charge in [0.25, 0.3) is 10.0 Å². The predicted molar refractivity (Wildman–Crippen MR) is 154 cm³/mol. The van der Waals surface area contributed by atoms with E-state index in [4.69, 9.17) is 23.2 Å². The van der Waals surface area contributed by atoms with Crippen LogP contribution in [0.25, 0.3) is 0 Å². The molecule has 4 rings (SSSR count). The minimum Gasteiger partial charge on any atom is -0.352 e. The summed E-state index contributed by atoms with van der Waals surface area (Å²) >= 11 is 12.6. The third-order valence-corrected chi connectivity index (χ3v) is 9.18. The number of hydrogen-bond acceptors (Lipinski definition) is 4. The van der Waals surface area contributed by atoms with E-state index in [1.807, 2.05) is 30.3 Å². The second-order valence-corrected chi connectivity index (χ2v) is 12.3. The van der Waals surface area contributed by atoms with E-state index in [1.54, 1.807) is 31.2 Å². The topological polar surface area (TPSA) is 86.8 Å². The van der Waals surface area contributed by atoms with Crippen molar-refractivity contribution in [1.82, 2.24) is 10.2 Å². The standard InChI is InChI=1S/C29H31Cl2N3O4S/c1-21(29(36)32-24-12-8-9-13-24)33(19-22-10-4-2-5-11-22)28(35)20-34(27-18-23(30)16-17-26(27)31)39(37,38)25-14-6-3-7-15-25/h2-7,10-11,14-18,21,24H,8-9,12-13,19-20H2,1H3,(H,32,36)/t21-/m0/s1. The van der Waals surface area contributed by atoms with Gasteiger partial charge in [0.05, 0.1) is 15.6 Å². The molecule has 206 valence electrons. The summed E-state index contributed by atoms with van der Waals surface area (Å²) in [4.78, 5) is 28.6. The van der Waals surface area contributed by atoms with Crippen LogP contribution in [-0.2, 0) is 26.2 Å². The van der Waals surface area contributed by atoms with Gasteiger partial charge in [-0.05, 0) is 55.7 Å². The molecule has 1 saturated carbocycles. The number of benzene rings is 3. The van der Waals surface area contributed by atoms with Gasteiger partial charge in [-0.3, -0.25) is 13.9 Å². The number of nitrogens with zero attached hydrogens (tertiary/aromatic N) is 2. The summed E-state index contributed by atoms with van der Waals surface area (Å²) in [6.45, 7) is 1.21. The van der Waals surface area contributed by atoms with Crippen molar-refractivity contribution in [2.45, 2.75) is 56.1 Å². The molecule has 3 aromatic carbocycles. The van der Waals surface area contributed by atoms with Crippen molar-refractivity contribution in [3.05, 3.63) is 94.5 Å². The number of rotatable bonds is 10. The SMILES string of the molecule is C[C@@H](C(=O)NC1CCCC1)N(Cc1ccccc1)C(=O)CN(c1cc(Cl)ccc1Cl)S(=O)(=O)c1ccccc1. The van der Waals surface area contributed by atoms with E-state index in [-0.39, 0.29) is 39.1 Å². The smallest absolute Gasteiger partial charge is 0.264 e. The first-order chi connectivity index (χ1) is 18.7. The molecule has 0 bridgehead atoms. The number of sulfonamides is 1. The van der Waals surface area contributed by atoms with Crippen LogP contribution in [0.15, 0.2) is 83.8 Å². The Hall–Kier alpha value is -3.07. The monoisotopic (exact) mass is 587 g/mol. The number of amides is 2. The van der Waals surface area contributed by atoms with Gasteiger partial charge < -0.3 is 10.2 Å². The highest BCUT2D eigenvalue weighted by Crippen LogP contribution is 2.33. The van der Waals surface area contributed by atoms with E-state index in [0.29, 0.717) is 0 Å². The Morgan fingerprint density at radius 1 is 0.949 bits per heavy atom. The van der Waals surface area contributed by atoms with E-state index in [9.17, 15) is 18.0 Å². The third kappa shape index (κ3) is 7.12. The van der Waals surface area contributed by atoms with Gasteiger partial charge in [-0.2, -0.15) is 0 Å². The normalized spacial score (nSPS) is 14.5. The van der Waals surface area contributed by atoms with Crippen molar-refractivity contribution in [3.8, 4) is 0 Å². The first-order valence-electron chi connectivity index (χ1n) is 12.8. The molecule has 1 aliphatic carbocycles. The molecule has 1 aliphatic rings. The molecule has 0 radical (unpaired) electrons. The van der Waals surface area contributed by atoms with Gasteiger partial charge in [0.15, 0.2) is 0 Å². The van der Waals surface area contributed by atoms with Crippen LogP contribution in [0.3, 0.4) is 0 Å². The van der Waals surface area contributed by atoms with Gasteiger partial charge in [-0.25, -0.2) is 8.42 Å². The zero-order valence-electron chi connectivity index (χ0n) is 21.6. The molecular weight excluding hydrogens is 557 g/mol. The quantitative estimate of drug-likeness (QED) is 0.331. The molecule has 0 unspecified atom stereocenters. The highest BCUT2D eigenvalue weighted by atomic mass is 35.5. The van der Waals surface area contributed by atoms with Crippen LogP contribution in [-0.4, -0.2) is 43.8 Å². The minimum absolute atomic E-state index is 0.00419. The molecule has 0 spiro atoms. The maximum atomic E-state index is 14.0. The Balaban J connectivity index is 1.70. The van der Waals surface area contributed by atoms with Crippen LogP contribution in [0.1, 0.15) is 38.2 Å². The number of carbonyl (C=O) groups excluding carboxylic acids is 2. The molecule has 3 aromatic rings. The molecule has 1 atom stereocenters. The molecule has 1 fully saturated rings. The lowest BCUT2D eigenvalue weighted by Gasteiger charge is -2.32. The highest BCUT2D eigenvalue weighted by Gasteiger charge is 2.34. The maximum Gasteiger partial charge on any atom is 0.264 e. The number of halogens is 2. The number of hydrogen-bond donors (Lipinski definition) is 1. The summed E-state index contributed by atoms with van der Waals surface area (Å²) in [5.41, 5.74) is 0.883. The molecule has 1 N–H and O–H groups in total. The van der Waals surface area contributed by atoms with Crippen LogP contribution in [0.5, 0.6) is 0 Å². The Morgan fingerprint density at radius 3 is 2.21 bits per heavy atom. The Kier molecular flexibility index (Phi) is 9.53. The lowest BCUT2D eigenvalue weighted by atomic mass is 10.1. The summed E-state index contributed by atoms with van der Waals surface area (Å²) in [5, 5.41) is 3.44. The number of anilines is 1. The third-order valence-electron chi connectivity index (χ3n) is 6.85. The zero-order chi connectivity index (χ0) is 28.0. The molecular formula is C29H31Cl2N3O4S. The summed E-state index contributed by atoms with van der Waals surface area (Å²) in [6.07, 6.45) is 3.92. The summed E-state index contributed by atoms with van der Waals surface area (Å²) in [7, 11) is -4.22. The van der Waals surface area contributed by atoms with Crippen molar-refractivity contribution in [1.29, 1.82) is 0 Å². The van der Waals surface area contributed by atoms with Gasteiger partial charge in [-0.1, -0.05) is 84.6 Å². The molecule has 0 aliphatic heterocycles. The summed E-state index contributed by atoms with van der Waals surface area (Å²) in [6, 6.07) is 20.7. The van der Waals surface area contributed by atoms with E-state index < -0.39 is 28.5 Å². The average Bonchev–Trinajstić information content (AvgIpc) is 3.45. The summed E-state index contributed by atoms with van der Waals surface area (Å²) < 4.78 is 28.6. The zero-order valence-corrected chi connectivity index (χ0v) is 23.9. The number of nitrogens with one attached hydrogen (secondary N) is 1. The van der Waals surface area contributed by atoms with Gasteiger partial charge in [0.2, 0.25) is 11.8 Å². The lowest BCUT2D eigenvalue weighted by molar-refractivity contribution is -0.139. The predicted octanol–water partition coefficient (Wildman–Crippen LogP) is 5.66. The van der Waals surface area contributed by atoms with Gasteiger partial charge in [-0.15, -0.1) is 0 Å². The van der Waals surface area contributed by atoms with Gasteiger partial charge in [0.1, 0.15) is 12.6 Å². The molecule has 0 aromatic heterocycles. The Bertz CT molecular complexity index is 1400. The van der Waals surface area contributed by atoms with Gasteiger partial charge in [0, 0.05) is 17.6 Å². The highest BCUT2D eigenvalue weighted by molar-refractivity contribution is 7.92. The van der Waals surface area contributed by atoms with Crippen molar-refractivity contribution in [2.75, 3.05) is 10.8 Å². The number of carbonyl (C=O) groups is 2. The molecule has 10 heteroatoms. The molecule has 39 heavy (non-hydrogen) atoms. The van der Waals surface area contributed by atoms with Crippen LogP contribution < -0.4 is 9.62 Å². The average molecular weight is 589 g/mol. The fourth-order valence-electron chi connectivity index (χ4n) is 4.66. The van der Waals surface area contributed by atoms with Crippen molar-refractivity contribution < 1.29 is 18.0 Å². The molecule has 0 heterocycles. The van der Waals surface area contributed by atoms with Crippen LogP contribution in [0.4, 0.5) is 5.69 Å². The first kappa shape index (κ1) is 28.9. The first-order valence-corrected chi connectivity index (χ1v) is 15.0. The summed E-state index contributed by atoms with van der Waals surface area (Å²) in [5.74, 6) is -0.826. The molecule has 2 amide bonds. The molecule has 7 nitrogen and oxygen atoms in total. The second-order valence-electron chi connectivity index (χ2n) is 9.59. The minimum atomic E-state index is -4.22. The maximum absolute atomic E-state index is 14.0. The van der Waals surface area contributed by atoms with E-state index in [2.05, 4.69) is 5.32 Å². The van der Waals surface area contributed by atoms with Crippen LogP contribution in [0, 0.1) is 0 Å². The fraction of sp³-hybridized carbons (Fsp3) is 0.310. The van der Waals surface area contributed by atoms with Crippen molar-refractivity contribution in [3.63, 3.8) is 0 Å². The van der Waals surface area contributed by atoms with Crippen molar-refractivity contribution in [2.24, 2.45) is 0 Å². The van der Waals surface area contributed by atoms with E-state index >= 15 is 0 Å². The van der Waals surface area contributed by atoms with Crippen molar-refractivity contribution >= 4 is 50.7 Å². The lowest BCUT2D eigenvalue weighted by Crippen LogP contribution is -2.52. The largest absolute Gasteiger partial charge is 0.352 e. The fourth-order valence-corrected chi connectivity index (χ4v) is 6.55. The van der Waals surface area contributed by atoms with Gasteiger partial charge >= 0.3 is 0 Å². The van der Waals surface area contributed by atoms with E-state index in [0.717, 1.165) is 35.6 Å². The van der Waals surface area contributed by atoms with Crippen LogP contribution >= 0.6 is 23.2 Å². The Morgan fingerprint density at radius 2 is 1.56 bits per heavy atom. The molecule has 0 saturated heterocycles. The Labute approximate surface area is 239 Å².